The molecule has 0 radical (unpaired) electrons. The van der Waals surface area contributed by atoms with Crippen LogP contribution in [0.3, 0.4) is 0 Å². The van der Waals surface area contributed by atoms with Crippen LogP contribution in [0.2, 0.25) is 0 Å². The van der Waals surface area contributed by atoms with E-state index in [1.807, 2.05) is 32.0 Å². The van der Waals surface area contributed by atoms with Gasteiger partial charge in [0, 0.05) is 0 Å². The number of benzene rings is 1. The first-order valence-electron chi connectivity index (χ1n) is 4.95. The molecule has 0 aliphatic rings. The molecule has 0 aliphatic heterocycles. The van der Waals surface area contributed by atoms with Gasteiger partial charge in [-0.3, -0.25) is 4.79 Å². The van der Waals surface area contributed by atoms with E-state index in [9.17, 15) is 4.79 Å². The van der Waals surface area contributed by atoms with Crippen LogP contribution in [0.1, 0.15) is 11.1 Å². The van der Waals surface area contributed by atoms with Crippen LogP contribution in [0.15, 0.2) is 35.4 Å². The Morgan fingerprint density at radius 1 is 1.25 bits per heavy atom. The van der Waals surface area contributed by atoms with E-state index in [1.54, 1.807) is 0 Å². The van der Waals surface area contributed by atoms with Gasteiger partial charge in [-0.1, -0.05) is 17.7 Å². The van der Waals surface area contributed by atoms with E-state index in [4.69, 9.17) is 4.74 Å². The molecule has 1 aromatic carbocycles. The summed E-state index contributed by atoms with van der Waals surface area (Å²) in [6.45, 7) is 3.97. The molecule has 0 aliphatic carbocycles. The number of H-pyrrole nitrogens is 1. The largest absolute Gasteiger partial charge is 0.439 e. The van der Waals surface area contributed by atoms with Crippen LogP contribution >= 0.6 is 0 Å². The maximum Gasteiger partial charge on any atom is 0.254 e. The molecule has 0 atom stereocenters. The first kappa shape index (κ1) is 10.4. The van der Waals surface area contributed by atoms with Crippen molar-refractivity contribution in [1.82, 2.24) is 9.97 Å². The lowest BCUT2D eigenvalue weighted by molar-refractivity contribution is 0.457. The highest BCUT2D eigenvalue weighted by molar-refractivity contribution is 5.37. The fourth-order valence-corrected chi connectivity index (χ4v) is 1.43. The van der Waals surface area contributed by atoms with Gasteiger partial charge in [-0.15, -0.1) is 0 Å². The summed E-state index contributed by atoms with van der Waals surface area (Å²) in [5.74, 6) is 1.01. The third kappa shape index (κ3) is 2.28. The van der Waals surface area contributed by atoms with Crippen molar-refractivity contribution < 1.29 is 4.74 Å². The maximum absolute atomic E-state index is 11.0. The zero-order valence-corrected chi connectivity index (χ0v) is 9.15. The first-order chi connectivity index (χ1) is 7.65. The van der Waals surface area contributed by atoms with Crippen LogP contribution in [0.25, 0.3) is 0 Å². The fourth-order valence-electron chi connectivity index (χ4n) is 1.43. The third-order valence-corrected chi connectivity index (χ3v) is 2.20. The van der Waals surface area contributed by atoms with Crippen molar-refractivity contribution in [2.45, 2.75) is 13.8 Å². The Morgan fingerprint density at radius 2 is 2.06 bits per heavy atom. The summed E-state index contributed by atoms with van der Waals surface area (Å²) in [6, 6.07) is 7.16. The number of aromatic nitrogens is 2. The minimum atomic E-state index is -0.227. The molecular weight excluding hydrogens is 204 g/mol. The van der Waals surface area contributed by atoms with Crippen LogP contribution in [0.4, 0.5) is 0 Å². The number of hydrogen-bond donors (Lipinski definition) is 1. The van der Waals surface area contributed by atoms with Gasteiger partial charge in [0.25, 0.3) is 5.56 Å². The third-order valence-electron chi connectivity index (χ3n) is 2.20. The second-order valence-electron chi connectivity index (χ2n) is 3.62. The summed E-state index contributed by atoms with van der Waals surface area (Å²) in [6.07, 6.45) is 1.32. The highest BCUT2D eigenvalue weighted by atomic mass is 16.5. The molecule has 0 spiro atoms. The second kappa shape index (κ2) is 4.18. The van der Waals surface area contributed by atoms with Gasteiger partial charge in [-0.05, 0) is 25.5 Å². The molecule has 0 unspecified atom stereocenters. The number of aromatic amines is 1. The Morgan fingerprint density at radius 3 is 2.75 bits per heavy atom. The molecule has 0 bridgehead atoms. The first-order valence-corrected chi connectivity index (χ1v) is 4.95. The molecule has 1 N–H and O–H groups in total. The van der Waals surface area contributed by atoms with Crippen LogP contribution in [-0.2, 0) is 0 Å². The van der Waals surface area contributed by atoms with Gasteiger partial charge in [-0.2, -0.15) is 0 Å². The summed E-state index contributed by atoms with van der Waals surface area (Å²) in [5, 5.41) is 0. The molecular formula is C12H12N2O2. The van der Waals surface area contributed by atoms with Gasteiger partial charge in [-0.25, -0.2) is 4.98 Å². The Balaban J connectivity index is 2.30. The van der Waals surface area contributed by atoms with Crippen molar-refractivity contribution in [3.05, 3.63) is 52.1 Å². The average molecular weight is 216 g/mol. The highest BCUT2D eigenvalue weighted by Crippen LogP contribution is 2.23. The van der Waals surface area contributed by atoms with E-state index in [-0.39, 0.29) is 5.56 Å². The quantitative estimate of drug-likeness (QED) is 0.837. The smallest absolute Gasteiger partial charge is 0.254 e. The number of ether oxygens (including phenoxy) is 1. The number of nitrogens with one attached hydrogen (secondary N) is 1. The molecule has 1 aromatic heterocycles. The molecule has 1 heterocycles. The number of hydrogen-bond acceptors (Lipinski definition) is 3. The molecule has 16 heavy (non-hydrogen) atoms. The molecule has 0 fully saturated rings. The van der Waals surface area contributed by atoms with Crippen molar-refractivity contribution >= 4 is 0 Å². The zero-order valence-electron chi connectivity index (χ0n) is 9.15. The topological polar surface area (TPSA) is 55.0 Å². The predicted octanol–water partition coefficient (Wildman–Crippen LogP) is 2.18. The van der Waals surface area contributed by atoms with Crippen LogP contribution < -0.4 is 10.3 Å². The van der Waals surface area contributed by atoms with Crippen molar-refractivity contribution in [1.29, 1.82) is 0 Å². The van der Waals surface area contributed by atoms with Crippen molar-refractivity contribution in [3.63, 3.8) is 0 Å². The van der Waals surface area contributed by atoms with E-state index in [2.05, 4.69) is 9.97 Å². The van der Waals surface area contributed by atoms with Crippen molar-refractivity contribution in [3.8, 4) is 11.6 Å². The zero-order chi connectivity index (χ0) is 11.5. The van der Waals surface area contributed by atoms with Gasteiger partial charge in [0.1, 0.15) is 5.75 Å². The average Bonchev–Trinajstić information content (AvgIpc) is 2.22. The van der Waals surface area contributed by atoms with E-state index in [1.165, 1.54) is 18.0 Å². The van der Waals surface area contributed by atoms with E-state index >= 15 is 0 Å². The minimum absolute atomic E-state index is 0.227. The Kier molecular flexibility index (Phi) is 2.72. The van der Waals surface area contributed by atoms with E-state index in [0.717, 1.165) is 5.56 Å². The molecule has 0 saturated heterocycles. The normalized spacial score (nSPS) is 10.1. The van der Waals surface area contributed by atoms with E-state index < -0.39 is 0 Å². The minimum Gasteiger partial charge on any atom is -0.439 e. The molecule has 2 rings (SSSR count). The Labute approximate surface area is 92.9 Å². The number of nitrogens with zero attached hydrogens (tertiary/aromatic N) is 1. The van der Waals surface area contributed by atoms with Gasteiger partial charge in [0.2, 0.25) is 5.88 Å². The SMILES string of the molecule is Cc1ccc(Oc2cc(=O)[nH]cn2)c(C)c1. The van der Waals surface area contributed by atoms with Gasteiger partial charge >= 0.3 is 0 Å². The highest BCUT2D eigenvalue weighted by Gasteiger charge is 2.02. The lowest BCUT2D eigenvalue weighted by Crippen LogP contribution is -2.04. The summed E-state index contributed by atoms with van der Waals surface area (Å²) in [4.78, 5) is 17.4. The molecule has 0 saturated carbocycles. The van der Waals surface area contributed by atoms with Crippen LogP contribution in [0.5, 0.6) is 11.6 Å². The van der Waals surface area contributed by atoms with Gasteiger partial charge in [0.05, 0.1) is 12.4 Å². The lowest BCUT2D eigenvalue weighted by Gasteiger charge is -2.07. The maximum atomic E-state index is 11.0. The van der Waals surface area contributed by atoms with Crippen molar-refractivity contribution in [2.24, 2.45) is 0 Å². The molecule has 4 heteroatoms. The van der Waals surface area contributed by atoms with Crippen molar-refractivity contribution in [2.75, 3.05) is 0 Å². The standard InChI is InChI=1S/C12H12N2O2/c1-8-3-4-10(9(2)5-8)16-12-6-11(15)13-7-14-12/h3-7H,1-2H3,(H,13,14,15). The van der Waals surface area contributed by atoms with Crippen LogP contribution in [-0.4, -0.2) is 9.97 Å². The summed E-state index contributed by atoms with van der Waals surface area (Å²) in [5.41, 5.74) is 1.96. The molecule has 4 nitrogen and oxygen atoms in total. The second-order valence-corrected chi connectivity index (χ2v) is 3.62. The lowest BCUT2D eigenvalue weighted by atomic mass is 10.1. The summed E-state index contributed by atoms with van der Waals surface area (Å²) >= 11 is 0. The summed E-state index contributed by atoms with van der Waals surface area (Å²) < 4.78 is 5.51. The fraction of sp³-hybridized carbons (Fsp3) is 0.167. The molecule has 0 amide bonds. The molecule has 82 valence electrons. The van der Waals surface area contributed by atoms with Gasteiger partial charge in [0.15, 0.2) is 0 Å². The number of aryl methyl sites for hydroxylation is 2. The number of rotatable bonds is 2. The molecule has 2 aromatic rings. The Bertz CT molecular complexity index is 561. The Hall–Kier alpha value is -2.10. The summed E-state index contributed by atoms with van der Waals surface area (Å²) in [7, 11) is 0. The van der Waals surface area contributed by atoms with E-state index in [0.29, 0.717) is 11.6 Å². The van der Waals surface area contributed by atoms with Gasteiger partial charge < -0.3 is 9.72 Å². The monoisotopic (exact) mass is 216 g/mol. The predicted molar refractivity (Wildman–Crippen MR) is 60.8 cm³/mol. The van der Waals surface area contributed by atoms with Crippen LogP contribution in [0, 0.1) is 13.8 Å².